The molecule has 0 aromatic heterocycles. The van der Waals surface area contributed by atoms with Crippen LogP contribution in [0, 0.1) is 0 Å². The number of hydrogen-bond acceptors (Lipinski definition) is 4. The number of rotatable bonds is 8. The van der Waals surface area contributed by atoms with Crippen LogP contribution in [0.15, 0.2) is 24.3 Å². The number of aliphatic hydroxyl groups excluding tert-OH is 1. The monoisotopic (exact) mass is 335 g/mol. The first-order chi connectivity index (χ1) is 10.6. The van der Waals surface area contributed by atoms with Crippen LogP contribution in [-0.4, -0.2) is 53.4 Å². The molecule has 2 N–H and O–H groups in total. The molecular formula is C15H20F3NO4. The Hall–Kier alpha value is -1.80. The van der Waals surface area contributed by atoms with Crippen molar-refractivity contribution in [3.8, 4) is 5.75 Å². The van der Waals surface area contributed by atoms with Gasteiger partial charge in [-0.3, -0.25) is 9.69 Å². The molecule has 0 radical (unpaired) electrons. The highest BCUT2D eigenvalue weighted by atomic mass is 19.4. The van der Waals surface area contributed by atoms with Crippen molar-refractivity contribution in [2.45, 2.75) is 31.7 Å². The molecule has 0 amide bonds. The minimum absolute atomic E-state index is 0.0748. The lowest BCUT2D eigenvalue weighted by Crippen LogP contribution is -2.43. The third-order valence-electron chi connectivity index (χ3n) is 3.33. The number of nitrogens with zero attached hydrogens (tertiary/aromatic N) is 1. The van der Waals surface area contributed by atoms with Crippen molar-refractivity contribution in [3.63, 3.8) is 0 Å². The molecule has 0 aliphatic carbocycles. The van der Waals surface area contributed by atoms with Gasteiger partial charge in [0, 0.05) is 6.54 Å². The fourth-order valence-electron chi connectivity index (χ4n) is 2.12. The summed E-state index contributed by atoms with van der Waals surface area (Å²) in [4.78, 5) is 12.5. The lowest BCUT2D eigenvalue weighted by atomic mass is 10.2. The van der Waals surface area contributed by atoms with E-state index in [2.05, 4.69) is 0 Å². The number of alkyl halides is 3. The number of aliphatic carboxylic acids is 1. The Balaban J connectivity index is 2.50. The van der Waals surface area contributed by atoms with Gasteiger partial charge in [-0.05, 0) is 37.7 Å². The Morgan fingerprint density at radius 1 is 1.30 bits per heavy atom. The van der Waals surface area contributed by atoms with E-state index < -0.39 is 29.9 Å². The van der Waals surface area contributed by atoms with Gasteiger partial charge in [0.15, 0.2) is 0 Å². The second kappa shape index (κ2) is 8.16. The fraction of sp³-hybridized carbons (Fsp3) is 0.533. The predicted octanol–water partition coefficient (Wildman–Crippen LogP) is 2.24. The van der Waals surface area contributed by atoms with Crippen molar-refractivity contribution >= 4 is 5.97 Å². The number of hydrogen-bond donors (Lipinski definition) is 2. The second-order valence-electron chi connectivity index (χ2n) is 5.19. The summed E-state index contributed by atoms with van der Waals surface area (Å²) >= 11 is 0. The van der Waals surface area contributed by atoms with Gasteiger partial charge in [-0.1, -0.05) is 6.92 Å². The molecule has 130 valence electrons. The smallest absolute Gasteiger partial charge is 0.416 e. The topological polar surface area (TPSA) is 70.0 Å². The zero-order valence-electron chi connectivity index (χ0n) is 12.9. The van der Waals surface area contributed by atoms with E-state index in [9.17, 15) is 23.1 Å². The molecule has 0 aliphatic rings. The minimum atomic E-state index is -4.41. The van der Waals surface area contributed by atoms with Crippen molar-refractivity contribution in [1.82, 2.24) is 4.90 Å². The lowest BCUT2D eigenvalue weighted by Gasteiger charge is -2.25. The quantitative estimate of drug-likeness (QED) is 0.762. The van der Waals surface area contributed by atoms with Crippen LogP contribution >= 0.6 is 0 Å². The molecule has 8 heteroatoms. The molecule has 1 aromatic rings. The van der Waals surface area contributed by atoms with Gasteiger partial charge in [-0.25, -0.2) is 0 Å². The maximum absolute atomic E-state index is 12.4. The van der Waals surface area contributed by atoms with Gasteiger partial charge in [0.2, 0.25) is 0 Å². The predicted molar refractivity (Wildman–Crippen MR) is 77.3 cm³/mol. The van der Waals surface area contributed by atoms with Gasteiger partial charge in [-0.2, -0.15) is 13.2 Å². The minimum Gasteiger partial charge on any atom is -0.491 e. The molecule has 0 aliphatic heterocycles. The molecule has 0 fully saturated rings. The summed E-state index contributed by atoms with van der Waals surface area (Å²) in [7, 11) is 1.57. The molecule has 0 spiro atoms. The van der Waals surface area contributed by atoms with Crippen LogP contribution in [0.5, 0.6) is 5.75 Å². The van der Waals surface area contributed by atoms with Gasteiger partial charge in [0.1, 0.15) is 24.5 Å². The first-order valence-corrected chi connectivity index (χ1v) is 7.06. The molecule has 2 unspecified atom stereocenters. The maximum Gasteiger partial charge on any atom is 0.416 e. The summed E-state index contributed by atoms with van der Waals surface area (Å²) in [5.41, 5.74) is -0.780. The number of halogens is 3. The van der Waals surface area contributed by atoms with E-state index in [1.165, 1.54) is 17.0 Å². The normalized spacial score (nSPS) is 14.6. The average Bonchev–Trinajstić information content (AvgIpc) is 2.45. The number of carboxylic acids is 1. The largest absolute Gasteiger partial charge is 0.491 e. The number of likely N-dealkylation sites (N-methyl/N-ethyl adjacent to an activating group) is 1. The van der Waals surface area contributed by atoms with Gasteiger partial charge in [-0.15, -0.1) is 0 Å². The summed E-state index contributed by atoms with van der Waals surface area (Å²) in [5.74, 6) is -0.782. The SMILES string of the molecule is CCC(C(=O)O)N(C)CC(O)COc1ccc(C(F)(F)F)cc1. The van der Waals surface area contributed by atoms with Crippen molar-refractivity contribution in [3.05, 3.63) is 29.8 Å². The number of aliphatic hydroxyl groups is 1. The Morgan fingerprint density at radius 2 is 1.87 bits per heavy atom. The molecule has 0 bridgehead atoms. The van der Waals surface area contributed by atoms with Crippen LogP contribution in [0.2, 0.25) is 0 Å². The Morgan fingerprint density at radius 3 is 2.30 bits per heavy atom. The van der Waals surface area contributed by atoms with Gasteiger partial charge in [0.05, 0.1) is 5.56 Å². The van der Waals surface area contributed by atoms with Crippen LogP contribution in [0.1, 0.15) is 18.9 Å². The van der Waals surface area contributed by atoms with E-state index >= 15 is 0 Å². The van der Waals surface area contributed by atoms with Crippen LogP contribution in [0.25, 0.3) is 0 Å². The van der Waals surface area contributed by atoms with Crippen molar-refractivity contribution < 1.29 is 32.9 Å². The first kappa shape index (κ1) is 19.2. The Kier molecular flexibility index (Phi) is 6.83. The molecule has 23 heavy (non-hydrogen) atoms. The zero-order chi connectivity index (χ0) is 17.6. The van der Waals surface area contributed by atoms with Crippen molar-refractivity contribution in [2.75, 3.05) is 20.2 Å². The van der Waals surface area contributed by atoms with Gasteiger partial charge >= 0.3 is 12.1 Å². The van der Waals surface area contributed by atoms with E-state index in [-0.39, 0.29) is 18.9 Å². The zero-order valence-corrected chi connectivity index (χ0v) is 12.9. The highest BCUT2D eigenvalue weighted by Crippen LogP contribution is 2.30. The molecule has 5 nitrogen and oxygen atoms in total. The molecule has 0 saturated heterocycles. The molecular weight excluding hydrogens is 315 g/mol. The van der Waals surface area contributed by atoms with Crippen LogP contribution in [0.3, 0.4) is 0 Å². The second-order valence-corrected chi connectivity index (χ2v) is 5.19. The molecule has 0 heterocycles. The average molecular weight is 335 g/mol. The highest BCUT2D eigenvalue weighted by Gasteiger charge is 2.30. The van der Waals surface area contributed by atoms with Crippen LogP contribution < -0.4 is 4.74 Å². The van der Waals surface area contributed by atoms with E-state index in [0.29, 0.717) is 6.42 Å². The van der Waals surface area contributed by atoms with E-state index in [1.54, 1.807) is 14.0 Å². The van der Waals surface area contributed by atoms with Gasteiger partial charge < -0.3 is 14.9 Å². The van der Waals surface area contributed by atoms with Crippen molar-refractivity contribution in [1.29, 1.82) is 0 Å². The van der Waals surface area contributed by atoms with Crippen molar-refractivity contribution in [2.24, 2.45) is 0 Å². The number of benzene rings is 1. The number of carboxylic acid groups (broad SMARTS) is 1. The maximum atomic E-state index is 12.4. The van der Waals surface area contributed by atoms with E-state index in [4.69, 9.17) is 9.84 Å². The third-order valence-corrected chi connectivity index (χ3v) is 3.33. The highest BCUT2D eigenvalue weighted by molar-refractivity contribution is 5.73. The summed E-state index contributed by atoms with van der Waals surface area (Å²) in [6.45, 7) is 1.65. The molecule has 2 atom stereocenters. The first-order valence-electron chi connectivity index (χ1n) is 7.06. The summed E-state index contributed by atoms with van der Waals surface area (Å²) in [6, 6.07) is 3.42. The fourth-order valence-corrected chi connectivity index (χ4v) is 2.12. The van der Waals surface area contributed by atoms with E-state index in [0.717, 1.165) is 12.1 Å². The van der Waals surface area contributed by atoms with Gasteiger partial charge in [0.25, 0.3) is 0 Å². The summed E-state index contributed by atoms with van der Waals surface area (Å²) in [5, 5.41) is 18.9. The molecule has 0 saturated carbocycles. The number of ether oxygens (including phenoxy) is 1. The van der Waals surface area contributed by atoms with Crippen LogP contribution in [0.4, 0.5) is 13.2 Å². The third kappa shape index (κ3) is 6.07. The van der Waals surface area contributed by atoms with E-state index in [1.807, 2.05) is 0 Å². The van der Waals surface area contributed by atoms with Crippen LogP contribution in [-0.2, 0) is 11.0 Å². The standard InChI is InChI=1S/C15H20F3NO4/c1-3-13(14(21)22)19(2)8-11(20)9-23-12-6-4-10(5-7-12)15(16,17)18/h4-7,11,13,20H,3,8-9H2,1-2H3,(H,21,22). The summed E-state index contributed by atoms with van der Waals surface area (Å²) < 4.78 is 42.5. The Bertz CT molecular complexity index is 504. The number of carbonyl (C=O) groups is 1. The summed E-state index contributed by atoms with van der Waals surface area (Å²) in [6.07, 6.45) is -4.99. The molecule has 1 rings (SSSR count). The molecule has 1 aromatic carbocycles. The lowest BCUT2D eigenvalue weighted by molar-refractivity contribution is -0.143. The Labute approximate surface area is 132 Å².